The van der Waals surface area contributed by atoms with Crippen LogP contribution in [0, 0.1) is 0 Å². The minimum absolute atomic E-state index is 0.831. The third-order valence-electron chi connectivity index (χ3n) is 3.01. The molecule has 0 aromatic carbocycles. The molecule has 1 rings (SSSR count). The number of carbonyl (C=O) groups excluding carboxylic acids is 4. The van der Waals surface area contributed by atoms with Crippen molar-refractivity contribution in [3.63, 3.8) is 0 Å². The maximum absolute atomic E-state index is 13.3. The zero-order chi connectivity index (χ0) is 20.2. The first-order valence-corrected chi connectivity index (χ1v) is 7.24. The number of rotatable bonds is 4. The molecule has 1 unspecified atom stereocenters. The number of hydrogen-bond acceptors (Lipinski definition) is 9. The summed E-state index contributed by atoms with van der Waals surface area (Å²) >= 11 is 0. The van der Waals surface area contributed by atoms with E-state index in [4.69, 9.17) is 9.47 Å². The molecule has 9 nitrogen and oxygen atoms in total. The molecule has 0 spiro atoms. The number of halogens is 3. The highest BCUT2D eigenvalue weighted by atomic mass is 19.4. The summed E-state index contributed by atoms with van der Waals surface area (Å²) in [5.74, 6) is -4.20. The van der Waals surface area contributed by atoms with Crippen LogP contribution in [-0.4, -0.2) is 60.8 Å². The van der Waals surface area contributed by atoms with Crippen molar-refractivity contribution in [2.75, 3.05) is 0 Å². The minimum Gasteiger partial charge on any atom is -0.455 e. The first-order chi connectivity index (χ1) is 11.8. The van der Waals surface area contributed by atoms with Gasteiger partial charge < -0.3 is 23.7 Å². The van der Waals surface area contributed by atoms with Crippen molar-refractivity contribution in [3.8, 4) is 0 Å². The van der Waals surface area contributed by atoms with E-state index in [9.17, 15) is 32.3 Å². The average Bonchev–Trinajstić information content (AvgIpc) is 2.41. The first-order valence-electron chi connectivity index (χ1n) is 7.24. The zero-order valence-electron chi connectivity index (χ0n) is 14.2. The summed E-state index contributed by atoms with van der Waals surface area (Å²) in [6.07, 6.45) is -15.8. The fraction of sp³-hybridized carbons (Fsp3) is 0.714. The maximum atomic E-state index is 13.3. The van der Waals surface area contributed by atoms with Crippen LogP contribution in [0.4, 0.5) is 13.2 Å². The van der Waals surface area contributed by atoms with E-state index in [2.05, 4.69) is 14.2 Å². The van der Waals surface area contributed by atoms with E-state index in [0.29, 0.717) is 0 Å². The van der Waals surface area contributed by atoms with Gasteiger partial charge in [0.1, 0.15) is 0 Å². The molecule has 26 heavy (non-hydrogen) atoms. The second kappa shape index (κ2) is 8.34. The van der Waals surface area contributed by atoms with E-state index in [1.54, 1.807) is 0 Å². The van der Waals surface area contributed by atoms with Gasteiger partial charge in [0.15, 0.2) is 18.3 Å². The monoisotopic (exact) mass is 386 g/mol. The highest BCUT2D eigenvalue weighted by Gasteiger charge is 2.61. The molecule has 1 aliphatic heterocycles. The Morgan fingerprint density at radius 3 is 1.46 bits per heavy atom. The number of hydrogen-bond donors (Lipinski definition) is 0. The predicted octanol–water partition coefficient (Wildman–Crippen LogP) is 0.632. The van der Waals surface area contributed by atoms with Gasteiger partial charge in [0, 0.05) is 27.7 Å². The van der Waals surface area contributed by atoms with Crippen molar-refractivity contribution in [2.24, 2.45) is 0 Å². The maximum Gasteiger partial charge on any atom is 0.418 e. The summed E-state index contributed by atoms with van der Waals surface area (Å²) in [6.45, 7) is 3.52. The zero-order valence-corrected chi connectivity index (χ0v) is 14.2. The van der Waals surface area contributed by atoms with Gasteiger partial charge in [-0.05, 0) is 0 Å². The second-order valence-electron chi connectivity index (χ2n) is 5.30. The van der Waals surface area contributed by atoms with Crippen LogP contribution in [0.15, 0.2) is 0 Å². The van der Waals surface area contributed by atoms with Gasteiger partial charge in [0.25, 0.3) is 0 Å². The molecular formula is C14H17F3O9. The molecule has 148 valence electrons. The van der Waals surface area contributed by atoms with Gasteiger partial charge in [0.2, 0.25) is 12.4 Å². The summed E-state index contributed by atoms with van der Waals surface area (Å²) in [5.41, 5.74) is 0. The number of ether oxygens (including phenoxy) is 5. The van der Waals surface area contributed by atoms with Crippen LogP contribution in [0.3, 0.4) is 0 Å². The van der Waals surface area contributed by atoms with E-state index < -0.39 is 60.8 Å². The van der Waals surface area contributed by atoms with Gasteiger partial charge in [-0.15, -0.1) is 0 Å². The van der Waals surface area contributed by atoms with Crippen LogP contribution in [0.1, 0.15) is 27.7 Å². The predicted molar refractivity (Wildman–Crippen MR) is 73.1 cm³/mol. The Balaban J connectivity index is 3.40. The van der Waals surface area contributed by atoms with Gasteiger partial charge in [-0.25, -0.2) is 0 Å². The van der Waals surface area contributed by atoms with Gasteiger partial charge in [0.05, 0.1) is 0 Å². The Bertz CT molecular complexity index is 575. The SMILES string of the molecule is CC(=O)OC1O[C@@H](C(F)(F)F)[C@@H](OC(C)=O)[C@@H](OC(C)=O)[C@@H]1OC(C)=O. The van der Waals surface area contributed by atoms with Gasteiger partial charge >= 0.3 is 30.1 Å². The van der Waals surface area contributed by atoms with Crippen molar-refractivity contribution < 1.29 is 56.0 Å². The average molecular weight is 386 g/mol. The van der Waals surface area contributed by atoms with Crippen LogP contribution in [-0.2, 0) is 42.9 Å². The molecule has 12 heteroatoms. The van der Waals surface area contributed by atoms with E-state index in [1.807, 2.05) is 0 Å². The van der Waals surface area contributed by atoms with Crippen molar-refractivity contribution in [3.05, 3.63) is 0 Å². The Hall–Kier alpha value is -2.37. The highest BCUT2D eigenvalue weighted by Crippen LogP contribution is 2.37. The van der Waals surface area contributed by atoms with Gasteiger partial charge in [-0.3, -0.25) is 19.2 Å². The second-order valence-corrected chi connectivity index (χ2v) is 5.30. The summed E-state index contributed by atoms with van der Waals surface area (Å²) in [7, 11) is 0. The third-order valence-corrected chi connectivity index (χ3v) is 3.01. The molecule has 1 saturated heterocycles. The van der Waals surface area contributed by atoms with Crippen molar-refractivity contribution >= 4 is 23.9 Å². The van der Waals surface area contributed by atoms with Crippen molar-refractivity contribution in [1.29, 1.82) is 0 Å². The quantitative estimate of drug-likeness (QED) is 0.507. The summed E-state index contributed by atoms with van der Waals surface area (Å²) in [6, 6.07) is 0. The molecule has 0 saturated carbocycles. The highest BCUT2D eigenvalue weighted by molar-refractivity contribution is 5.69. The van der Waals surface area contributed by atoms with E-state index in [-0.39, 0.29) is 0 Å². The molecular weight excluding hydrogens is 369 g/mol. The molecule has 1 aliphatic rings. The first kappa shape index (κ1) is 21.7. The lowest BCUT2D eigenvalue weighted by atomic mass is 9.97. The molecule has 0 aromatic heterocycles. The van der Waals surface area contributed by atoms with E-state index in [0.717, 1.165) is 27.7 Å². The molecule has 0 radical (unpaired) electrons. The Labute approximate surface area is 145 Å². The number of alkyl halides is 3. The van der Waals surface area contributed by atoms with Crippen LogP contribution < -0.4 is 0 Å². The molecule has 0 aromatic rings. The topological polar surface area (TPSA) is 114 Å². The Kier molecular flexibility index (Phi) is 6.95. The molecule has 1 heterocycles. The van der Waals surface area contributed by atoms with Gasteiger partial charge in [-0.2, -0.15) is 13.2 Å². The standard InChI is InChI=1S/C14H17F3O9/c1-5(18)22-9-10(23-6(2)19)12(14(15,16)17)26-13(25-8(4)21)11(9)24-7(3)20/h9-13H,1-4H3/t9-,10+,11+,12-,13?/m1/s1. The van der Waals surface area contributed by atoms with Gasteiger partial charge in [-0.1, -0.05) is 0 Å². The Morgan fingerprint density at radius 2 is 1.08 bits per heavy atom. The number of carbonyl (C=O) groups is 4. The molecule has 1 fully saturated rings. The van der Waals surface area contributed by atoms with Crippen molar-refractivity contribution in [2.45, 2.75) is 64.6 Å². The summed E-state index contributed by atoms with van der Waals surface area (Å²) in [5, 5.41) is 0. The lowest BCUT2D eigenvalue weighted by molar-refractivity contribution is -0.348. The van der Waals surface area contributed by atoms with Crippen LogP contribution in [0.5, 0.6) is 0 Å². The molecule has 5 atom stereocenters. The smallest absolute Gasteiger partial charge is 0.418 e. The summed E-state index contributed by atoms with van der Waals surface area (Å²) in [4.78, 5) is 45.0. The fourth-order valence-electron chi connectivity index (χ4n) is 2.30. The lowest BCUT2D eigenvalue weighted by Crippen LogP contribution is -2.65. The Morgan fingerprint density at radius 1 is 0.692 bits per heavy atom. The van der Waals surface area contributed by atoms with Crippen molar-refractivity contribution in [1.82, 2.24) is 0 Å². The van der Waals surface area contributed by atoms with E-state index in [1.165, 1.54) is 0 Å². The molecule has 0 bridgehead atoms. The molecule has 0 N–H and O–H groups in total. The molecule has 0 aliphatic carbocycles. The third kappa shape index (κ3) is 5.86. The minimum atomic E-state index is -5.09. The van der Waals surface area contributed by atoms with Crippen LogP contribution >= 0.6 is 0 Å². The fourth-order valence-corrected chi connectivity index (χ4v) is 2.30. The van der Waals surface area contributed by atoms with E-state index >= 15 is 0 Å². The van der Waals surface area contributed by atoms with Crippen LogP contribution in [0.25, 0.3) is 0 Å². The van der Waals surface area contributed by atoms with Crippen LogP contribution in [0.2, 0.25) is 0 Å². The molecule has 0 amide bonds. The normalized spacial score (nSPS) is 28.7. The summed E-state index contributed by atoms with van der Waals surface area (Å²) < 4.78 is 63.6. The number of esters is 4. The lowest BCUT2D eigenvalue weighted by Gasteiger charge is -2.44. The largest absolute Gasteiger partial charge is 0.455 e.